The lowest BCUT2D eigenvalue weighted by atomic mass is 10.1. The first-order valence-electron chi connectivity index (χ1n) is 7.94. The third-order valence-corrected chi connectivity index (χ3v) is 5.76. The maximum atomic E-state index is 11.7. The highest BCUT2D eigenvalue weighted by molar-refractivity contribution is 7.91. The maximum Gasteiger partial charge on any atom is 0.250 e. The van der Waals surface area contributed by atoms with Crippen molar-refractivity contribution in [1.29, 1.82) is 0 Å². The van der Waals surface area contributed by atoms with E-state index in [9.17, 15) is 9.35 Å². The summed E-state index contributed by atoms with van der Waals surface area (Å²) in [7, 11) is 0. The summed E-state index contributed by atoms with van der Waals surface area (Å²) >= 11 is -0.682. The van der Waals surface area contributed by atoms with Crippen molar-refractivity contribution in [2.24, 2.45) is 5.73 Å². The molecule has 22 heavy (non-hydrogen) atoms. The molecule has 2 fully saturated rings. The van der Waals surface area contributed by atoms with E-state index in [4.69, 9.17) is 5.73 Å². The smallest absolute Gasteiger partial charge is 0.250 e. The highest BCUT2D eigenvalue weighted by Gasteiger charge is 2.23. The fraction of sp³-hybridized carbons (Fsp3) is 0.562. The molecule has 1 aromatic rings. The van der Waals surface area contributed by atoms with Crippen LogP contribution in [0, 0.1) is 0 Å². The Balaban J connectivity index is 1.87. The van der Waals surface area contributed by atoms with Gasteiger partial charge in [0.05, 0.1) is 24.3 Å². The van der Waals surface area contributed by atoms with E-state index >= 15 is 0 Å². The van der Waals surface area contributed by atoms with Crippen LogP contribution in [-0.4, -0.2) is 48.1 Å². The van der Waals surface area contributed by atoms with Crippen molar-refractivity contribution in [3.05, 3.63) is 23.8 Å². The molecule has 3 rings (SSSR count). The first-order chi connectivity index (χ1) is 10.6. The van der Waals surface area contributed by atoms with Crippen LogP contribution in [0.3, 0.4) is 0 Å². The predicted octanol–water partition coefficient (Wildman–Crippen LogP) is 1.34. The topological polar surface area (TPSA) is 72.6 Å². The van der Waals surface area contributed by atoms with Gasteiger partial charge >= 0.3 is 0 Å². The number of amides is 1. The third kappa shape index (κ3) is 3.33. The zero-order chi connectivity index (χ0) is 15.5. The van der Waals surface area contributed by atoms with E-state index in [1.807, 2.05) is 12.1 Å². The number of primary amides is 1. The first-order valence-corrected chi connectivity index (χ1v) is 9.43. The number of carbonyl (C=O) groups excluding carboxylic acids is 1. The summed E-state index contributed by atoms with van der Waals surface area (Å²) in [5.74, 6) is 1.07. The predicted molar refractivity (Wildman–Crippen MR) is 91.1 cm³/mol. The molecule has 5 nitrogen and oxygen atoms in total. The van der Waals surface area contributed by atoms with Crippen LogP contribution in [0.2, 0.25) is 0 Å². The van der Waals surface area contributed by atoms with E-state index in [-0.39, 0.29) is 5.91 Å². The number of anilines is 2. The van der Waals surface area contributed by atoms with E-state index in [2.05, 4.69) is 15.9 Å². The molecular formula is C16H23N3O2S. The van der Waals surface area contributed by atoms with Gasteiger partial charge < -0.3 is 20.1 Å². The molecule has 0 aromatic heterocycles. The Morgan fingerprint density at radius 2 is 1.73 bits per heavy atom. The second-order valence-electron chi connectivity index (χ2n) is 5.95. The fourth-order valence-electron chi connectivity index (χ4n) is 3.22. The van der Waals surface area contributed by atoms with Crippen LogP contribution in [-0.2, 0) is 11.2 Å². The number of nitrogens with two attached hydrogens (primary N) is 1. The number of benzene rings is 1. The van der Waals surface area contributed by atoms with Crippen LogP contribution in [0.15, 0.2) is 18.2 Å². The molecule has 1 aromatic carbocycles. The molecule has 6 heteroatoms. The van der Waals surface area contributed by atoms with Gasteiger partial charge in [-0.1, -0.05) is 11.2 Å². The number of rotatable bonds is 3. The fourth-order valence-corrected chi connectivity index (χ4v) is 4.27. The van der Waals surface area contributed by atoms with E-state index in [0.717, 1.165) is 61.9 Å². The van der Waals surface area contributed by atoms with Gasteiger partial charge in [0.1, 0.15) is 11.5 Å². The molecule has 0 radical (unpaired) electrons. The minimum absolute atomic E-state index is 0.369. The number of nitrogens with zero attached hydrogens (tertiary/aromatic N) is 2. The van der Waals surface area contributed by atoms with Crippen molar-refractivity contribution in [3.63, 3.8) is 0 Å². The van der Waals surface area contributed by atoms with Gasteiger partial charge in [0.2, 0.25) is 0 Å². The van der Waals surface area contributed by atoms with Crippen LogP contribution in [0.4, 0.5) is 11.4 Å². The monoisotopic (exact) mass is 321 g/mol. The quantitative estimate of drug-likeness (QED) is 0.853. The highest BCUT2D eigenvalue weighted by Crippen LogP contribution is 2.29. The average molecular weight is 321 g/mol. The van der Waals surface area contributed by atoms with Crippen molar-refractivity contribution in [2.45, 2.75) is 19.3 Å². The number of piperidine rings is 1. The minimum Gasteiger partial charge on any atom is -0.616 e. The van der Waals surface area contributed by atoms with Gasteiger partial charge in [-0.3, -0.25) is 4.79 Å². The Hall–Kier alpha value is -1.40. The lowest BCUT2D eigenvalue weighted by Crippen LogP contribution is -2.40. The highest BCUT2D eigenvalue weighted by atomic mass is 32.2. The molecule has 2 aliphatic heterocycles. The van der Waals surface area contributed by atoms with Crippen molar-refractivity contribution in [1.82, 2.24) is 0 Å². The van der Waals surface area contributed by atoms with E-state index in [1.54, 1.807) is 0 Å². The Labute approximate surface area is 134 Å². The van der Waals surface area contributed by atoms with Crippen LogP contribution < -0.4 is 15.5 Å². The summed E-state index contributed by atoms with van der Waals surface area (Å²) in [6.07, 6.45) is 3.57. The van der Waals surface area contributed by atoms with Crippen LogP contribution in [0.25, 0.3) is 0 Å². The van der Waals surface area contributed by atoms with Crippen molar-refractivity contribution in [3.8, 4) is 0 Å². The standard InChI is InChI=1S/C16H23N3O2S/c17-16(20)14-5-4-13(18-8-10-22(21)11-9-18)12-15(14)19-6-2-1-3-7-19/h4-5,12H,1-3,6-11H2,(H2,17,20). The molecule has 0 unspecified atom stereocenters. The molecule has 0 aliphatic carbocycles. The molecular weight excluding hydrogens is 298 g/mol. The SMILES string of the molecule is NC(=O)c1ccc(N2CC[S+]([O-])CC2)cc1N1CCCCC1. The van der Waals surface area contributed by atoms with Crippen LogP contribution in [0.1, 0.15) is 29.6 Å². The number of carbonyl (C=O) groups is 1. The van der Waals surface area contributed by atoms with Crippen LogP contribution >= 0.6 is 0 Å². The lowest BCUT2D eigenvalue weighted by molar-refractivity contribution is 0.100. The summed E-state index contributed by atoms with van der Waals surface area (Å²) in [5, 5.41) is 0. The second kappa shape index (κ2) is 6.79. The third-order valence-electron chi connectivity index (χ3n) is 4.49. The lowest BCUT2D eigenvalue weighted by Gasteiger charge is -2.33. The molecule has 0 atom stereocenters. The van der Waals surface area contributed by atoms with Gasteiger partial charge in [0.25, 0.3) is 5.91 Å². The molecule has 2 N–H and O–H groups in total. The van der Waals surface area contributed by atoms with Gasteiger partial charge in [-0.05, 0) is 37.5 Å². The largest absolute Gasteiger partial charge is 0.616 e. The van der Waals surface area contributed by atoms with Crippen LogP contribution in [0.5, 0.6) is 0 Å². The summed E-state index contributed by atoms with van der Waals surface area (Å²) in [6.45, 7) is 3.57. The van der Waals surface area contributed by atoms with E-state index < -0.39 is 11.2 Å². The van der Waals surface area contributed by atoms with Gasteiger partial charge in [0, 0.05) is 18.8 Å². The number of hydrogen-bond donors (Lipinski definition) is 1. The Kier molecular flexibility index (Phi) is 4.78. The molecule has 120 valence electrons. The molecule has 2 heterocycles. The molecule has 2 saturated heterocycles. The molecule has 0 saturated carbocycles. The van der Waals surface area contributed by atoms with Gasteiger partial charge in [0.15, 0.2) is 0 Å². The average Bonchev–Trinajstić information content (AvgIpc) is 2.56. The normalized spacial score (nSPS) is 20.2. The number of hydrogen-bond acceptors (Lipinski definition) is 4. The Morgan fingerprint density at radius 3 is 2.36 bits per heavy atom. The maximum absolute atomic E-state index is 11.7. The van der Waals surface area contributed by atoms with Gasteiger partial charge in [-0.25, -0.2) is 0 Å². The second-order valence-corrected chi connectivity index (χ2v) is 7.64. The minimum atomic E-state index is -0.682. The summed E-state index contributed by atoms with van der Waals surface area (Å²) < 4.78 is 11.5. The summed E-state index contributed by atoms with van der Waals surface area (Å²) in [5.41, 5.74) is 8.21. The summed E-state index contributed by atoms with van der Waals surface area (Å²) in [6, 6.07) is 5.88. The van der Waals surface area contributed by atoms with E-state index in [1.165, 1.54) is 6.42 Å². The van der Waals surface area contributed by atoms with Gasteiger partial charge in [-0.15, -0.1) is 0 Å². The molecule has 0 spiro atoms. The van der Waals surface area contributed by atoms with Crippen molar-refractivity contribution >= 4 is 28.5 Å². The Bertz CT molecular complexity index is 538. The molecule has 2 aliphatic rings. The summed E-state index contributed by atoms with van der Waals surface area (Å²) in [4.78, 5) is 16.3. The zero-order valence-corrected chi connectivity index (χ0v) is 13.6. The Morgan fingerprint density at radius 1 is 1.05 bits per heavy atom. The van der Waals surface area contributed by atoms with Crippen molar-refractivity contribution < 1.29 is 9.35 Å². The van der Waals surface area contributed by atoms with Gasteiger partial charge in [-0.2, -0.15) is 0 Å². The first kappa shape index (κ1) is 15.5. The van der Waals surface area contributed by atoms with Crippen molar-refractivity contribution in [2.75, 3.05) is 47.5 Å². The molecule has 0 bridgehead atoms. The van der Waals surface area contributed by atoms with E-state index in [0.29, 0.717) is 5.56 Å². The zero-order valence-electron chi connectivity index (χ0n) is 12.8. The molecule has 1 amide bonds.